The molecule has 8 heteroatoms. The van der Waals surface area contributed by atoms with Gasteiger partial charge in [0.1, 0.15) is 18.1 Å². The lowest BCUT2D eigenvalue weighted by Crippen LogP contribution is -3.08. The molecule has 3 rings (SSSR count). The van der Waals surface area contributed by atoms with Gasteiger partial charge in [-0.25, -0.2) is 5.43 Å². The average Bonchev–Trinajstić information content (AvgIpc) is 3.44. The minimum Gasteiger partial charge on any atom is -0.496 e. The van der Waals surface area contributed by atoms with Gasteiger partial charge in [0.25, 0.3) is 0 Å². The Morgan fingerprint density at radius 1 is 1.21 bits per heavy atom. The molecule has 3 N–H and O–H groups in total. The number of nitrogens with one attached hydrogen (secondary N) is 3. The first kappa shape index (κ1) is 20.6. The van der Waals surface area contributed by atoms with Crippen molar-refractivity contribution in [3.63, 3.8) is 0 Å². The molecule has 2 aromatic rings. The van der Waals surface area contributed by atoms with Crippen LogP contribution in [-0.4, -0.2) is 37.7 Å². The molecule has 1 aromatic carbocycles. The number of carbonyl (C=O) groups is 2. The number of hydrogen-bond acceptors (Lipinski definition) is 5. The summed E-state index contributed by atoms with van der Waals surface area (Å²) in [5.41, 5.74) is 4.89. The van der Waals surface area contributed by atoms with E-state index in [9.17, 15) is 9.59 Å². The van der Waals surface area contributed by atoms with E-state index < -0.39 is 11.8 Å². The van der Waals surface area contributed by atoms with Crippen LogP contribution in [0.5, 0.6) is 5.75 Å². The number of hydrazone groups is 1. The van der Waals surface area contributed by atoms with E-state index in [1.165, 1.54) is 37.1 Å². The highest BCUT2D eigenvalue weighted by atomic mass is 16.5. The Morgan fingerprint density at radius 3 is 2.69 bits per heavy atom. The number of nitrogens with zero attached hydrogens (tertiary/aromatic N) is 1. The zero-order chi connectivity index (χ0) is 20.6. The van der Waals surface area contributed by atoms with Crippen molar-refractivity contribution in [2.45, 2.75) is 32.9 Å². The Labute approximate surface area is 169 Å². The number of likely N-dealkylation sites (tertiary alicyclic amines) is 1. The fourth-order valence-corrected chi connectivity index (χ4v) is 3.37. The van der Waals surface area contributed by atoms with E-state index in [0.29, 0.717) is 11.5 Å². The van der Waals surface area contributed by atoms with Gasteiger partial charge in [0.15, 0.2) is 0 Å². The lowest BCUT2D eigenvalue weighted by atomic mass is 10.1. The third kappa shape index (κ3) is 5.68. The van der Waals surface area contributed by atoms with Crippen LogP contribution in [0.3, 0.4) is 0 Å². The van der Waals surface area contributed by atoms with Gasteiger partial charge in [0.05, 0.1) is 38.7 Å². The van der Waals surface area contributed by atoms with Crippen LogP contribution in [0.1, 0.15) is 36.7 Å². The molecule has 2 heterocycles. The Balaban J connectivity index is 1.60. The van der Waals surface area contributed by atoms with Crippen molar-refractivity contribution in [2.75, 3.05) is 20.2 Å². The summed E-state index contributed by atoms with van der Waals surface area (Å²) in [6.07, 6.45) is 4.02. The van der Waals surface area contributed by atoms with E-state index in [-0.39, 0.29) is 6.54 Å². The van der Waals surface area contributed by atoms with Gasteiger partial charge in [-0.3, -0.25) is 9.59 Å². The summed E-state index contributed by atoms with van der Waals surface area (Å²) in [6.45, 7) is 5.16. The molecule has 1 aliphatic heterocycles. The van der Waals surface area contributed by atoms with Crippen LogP contribution in [0.15, 0.2) is 46.1 Å². The summed E-state index contributed by atoms with van der Waals surface area (Å²) in [7, 11) is 1.67. The summed E-state index contributed by atoms with van der Waals surface area (Å²) in [5.74, 6) is -0.184. The maximum Gasteiger partial charge on any atom is 0.329 e. The van der Waals surface area contributed by atoms with Crippen molar-refractivity contribution in [1.82, 2.24) is 10.7 Å². The number of amides is 2. The standard InChI is InChI=1S/C21H26N4O4/c1-15(23-24-21(27)20(26)22-13-18-6-5-11-29-18)16-7-8-19(28-2)17(12-16)14-25-9-3-4-10-25/h5-8,11-12H,3-4,9-10,13-14H2,1-2H3,(H,22,26)(H,24,27)/p+1/b23-15-. The van der Waals surface area contributed by atoms with Crippen LogP contribution in [-0.2, 0) is 22.7 Å². The van der Waals surface area contributed by atoms with Gasteiger partial charge in [-0.2, -0.15) is 5.10 Å². The summed E-state index contributed by atoms with van der Waals surface area (Å²) in [4.78, 5) is 25.4. The van der Waals surface area contributed by atoms with Crippen molar-refractivity contribution in [1.29, 1.82) is 0 Å². The molecule has 0 aliphatic carbocycles. The molecule has 0 bridgehead atoms. The number of methoxy groups -OCH3 is 1. The van der Waals surface area contributed by atoms with Crippen molar-refractivity contribution in [3.8, 4) is 5.75 Å². The topological polar surface area (TPSA) is 97.4 Å². The molecule has 1 fully saturated rings. The van der Waals surface area contributed by atoms with Gasteiger partial charge in [0.2, 0.25) is 0 Å². The monoisotopic (exact) mass is 399 g/mol. The van der Waals surface area contributed by atoms with Crippen molar-refractivity contribution < 1.29 is 23.6 Å². The van der Waals surface area contributed by atoms with Crippen LogP contribution < -0.4 is 20.4 Å². The zero-order valence-corrected chi connectivity index (χ0v) is 16.8. The number of quaternary nitrogens is 1. The van der Waals surface area contributed by atoms with Crippen LogP contribution in [0.2, 0.25) is 0 Å². The largest absolute Gasteiger partial charge is 0.496 e. The third-order valence-electron chi connectivity index (χ3n) is 4.98. The minimum atomic E-state index is -0.828. The van der Waals surface area contributed by atoms with Gasteiger partial charge in [0, 0.05) is 18.4 Å². The summed E-state index contributed by atoms with van der Waals surface area (Å²) in [6, 6.07) is 9.27. The molecule has 0 unspecified atom stereocenters. The van der Waals surface area contributed by atoms with E-state index in [2.05, 4.69) is 15.8 Å². The van der Waals surface area contributed by atoms with Gasteiger partial charge < -0.3 is 19.4 Å². The highest BCUT2D eigenvalue weighted by Gasteiger charge is 2.19. The van der Waals surface area contributed by atoms with Gasteiger partial charge in [-0.05, 0) is 42.8 Å². The normalized spacial score (nSPS) is 14.6. The molecule has 29 heavy (non-hydrogen) atoms. The summed E-state index contributed by atoms with van der Waals surface area (Å²) >= 11 is 0. The highest BCUT2D eigenvalue weighted by molar-refractivity contribution is 6.35. The van der Waals surface area contributed by atoms with Crippen LogP contribution >= 0.6 is 0 Å². The molecule has 0 spiro atoms. The molecular formula is C21H27N4O4+. The number of ether oxygens (including phenoxy) is 1. The van der Waals surface area contributed by atoms with Gasteiger partial charge in [-0.15, -0.1) is 0 Å². The Bertz CT molecular complexity index is 871. The fraction of sp³-hybridized carbons (Fsp3) is 0.381. The third-order valence-corrected chi connectivity index (χ3v) is 4.98. The average molecular weight is 399 g/mol. The van der Waals surface area contributed by atoms with Crippen molar-refractivity contribution in [2.24, 2.45) is 5.10 Å². The lowest BCUT2D eigenvalue weighted by Gasteiger charge is -2.15. The van der Waals surface area contributed by atoms with Crippen molar-refractivity contribution in [3.05, 3.63) is 53.5 Å². The van der Waals surface area contributed by atoms with Gasteiger partial charge >= 0.3 is 11.8 Å². The van der Waals surface area contributed by atoms with Crippen molar-refractivity contribution >= 4 is 17.5 Å². The second-order valence-electron chi connectivity index (χ2n) is 7.06. The first-order valence-corrected chi connectivity index (χ1v) is 9.72. The molecule has 2 amide bonds. The SMILES string of the molecule is COc1ccc(/C(C)=N\NC(=O)C(=O)NCc2ccco2)cc1C[NH+]1CCCC1. The second-order valence-corrected chi connectivity index (χ2v) is 7.06. The van der Waals surface area contributed by atoms with E-state index in [1.807, 2.05) is 18.2 Å². The van der Waals surface area contributed by atoms with E-state index in [4.69, 9.17) is 9.15 Å². The molecule has 1 saturated heterocycles. The van der Waals surface area contributed by atoms with Gasteiger partial charge in [-0.1, -0.05) is 0 Å². The Morgan fingerprint density at radius 2 is 2.00 bits per heavy atom. The van der Waals surface area contributed by atoms with E-state index >= 15 is 0 Å². The molecule has 8 nitrogen and oxygen atoms in total. The summed E-state index contributed by atoms with van der Waals surface area (Å²) in [5, 5.41) is 6.55. The molecule has 154 valence electrons. The van der Waals surface area contributed by atoms with E-state index in [1.54, 1.807) is 26.2 Å². The quantitative estimate of drug-likeness (QED) is 0.361. The predicted octanol–water partition coefficient (Wildman–Crippen LogP) is 0.624. The van der Waals surface area contributed by atoms with Crippen LogP contribution in [0, 0.1) is 0 Å². The molecular weight excluding hydrogens is 372 g/mol. The van der Waals surface area contributed by atoms with E-state index in [0.717, 1.165) is 23.4 Å². The number of carbonyl (C=O) groups excluding carboxylic acids is 2. The highest BCUT2D eigenvalue weighted by Crippen LogP contribution is 2.20. The maximum atomic E-state index is 12.0. The second kappa shape index (κ2) is 9.88. The maximum absolute atomic E-state index is 12.0. The van der Waals surface area contributed by atoms with Crippen LogP contribution in [0.25, 0.3) is 0 Å². The predicted molar refractivity (Wildman–Crippen MR) is 108 cm³/mol. The number of benzene rings is 1. The minimum absolute atomic E-state index is 0.141. The zero-order valence-electron chi connectivity index (χ0n) is 16.8. The molecule has 1 aromatic heterocycles. The lowest BCUT2D eigenvalue weighted by molar-refractivity contribution is -0.901. The molecule has 0 radical (unpaired) electrons. The Kier molecular flexibility index (Phi) is 7.02. The molecule has 0 saturated carbocycles. The fourth-order valence-electron chi connectivity index (χ4n) is 3.37. The number of rotatable bonds is 7. The number of furan rings is 1. The first-order valence-electron chi connectivity index (χ1n) is 9.72. The smallest absolute Gasteiger partial charge is 0.329 e. The van der Waals surface area contributed by atoms with Crippen LogP contribution in [0.4, 0.5) is 0 Å². The molecule has 0 atom stereocenters. The number of hydrogen-bond donors (Lipinski definition) is 3. The Hall–Kier alpha value is -3.13. The molecule has 1 aliphatic rings. The summed E-state index contributed by atoms with van der Waals surface area (Å²) < 4.78 is 10.6. The first-order chi connectivity index (χ1) is 14.1.